The third kappa shape index (κ3) is 2.63. The Labute approximate surface area is 105 Å². The van der Waals surface area contributed by atoms with Crippen LogP contribution in [0.15, 0.2) is 28.7 Å². The highest BCUT2D eigenvalue weighted by molar-refractivity contribution is 9.10. The van der Waals surface area contributed by atoms with Gasteiger partial charge in [-0.3, -0.25) is 4.90 Å². The van der Waals surface area contributed by atoms with Crippen molar-refractivity contribution in [3.05, 3.63) is 34.3 Å². The SMILES string of the molecule is N#CC1CCCCN1Cc1ccccc1Br. The maximum absolute atomic E-state index is 9.11. The highest BCUT2D eigenvalue weighted by atomic mass is 79.9. The monoisotopic (exact) mass is 278 g/mol. The molecule has 3 heteroatoms. The van der Waals surface area contributed by atoms with Crippen LogP contribution in [0.5, 0.6) is 0 Å². The van der Waals surface area contributed by atoms with Crippen LogP contribution >= 0.6 is 15.9 Å². The second-order valence-corrected chi connectivity index (χ2v) is 5.06. The lowest BCUT2D eigenvalue weighted by molar-refractivity contribution is 0.176. The molecule has 1 saturated heterocycles. The summed E-state index contributed by atoms with van der Waals surface area (Å²) in [5.41, 5.74) is 1.27. The summed E-state index contributed by atoms with van der Waals surface area (Å²) in [6, 6.07) is 10.7. The largest absolute Gasteiger partial charge is 0.284 e. The maximum atomic E-state index is 9.11. The zero-order chi connectivity index (χ0) is 11.4. The smallest absolute Gasteiger partial charge is 0.0980 e. The number of rotatable bonds is 2. The van der Waals surface area contributed by atoms with E-state index in [9.17, 15) is 0 Å². The minimum absolute atomic E-state index is 0.0980. The first-order valence-corrected chi connectivity index (χ1v) is 6.47. The van der Waals surface area contributed by atoms with Crippen LogP contribution in [0.1, 0.15) is 24.8 Å². The van der Waals surface area contributed by atoms with Gasteiger partial charge in [-0.1, -0.05) is 34.1 Å². The van der Waals surface area contributed by atoms with Crippen LogP contribution in [0.2, 0.25) is 0 Å². The van der Waals surface area contributed by atoms with Crippen molar-refractivity contribution >= 4 is 15.9 Å². The molecule has 16 heavy (non-hydrogen) atoms. The molecule has 1 aliphatic rings. The van der Waals surface area contributed by atoms with Gasteiger partial charge in [0.25, 0.3) is 0 Å². The molecule has 0 bridgehead atoms. The first kappa shape index (κ1) is 11.6. The Hall–Kier alpha value is -0.850. The number of nitriles is 1. The summed E-state index contributed by atoms with van der Waals surface area (Å²) in [4.78, 5) is 2.28. The summed E-state index contributed by atoms with van der Waals surface area (Å²) in [5, 5.41) is 9.11. The lowest BCUT2D eigenvalue weighted by Crippen LogP contribution is -2.37. The number of nitrogens with zero attached hydrogens (tertiary/aromatic N) is 2. The van der Waals surface area contributed by atoms with Crippen LogP contribution in [0.4, 0.5) is 0 Å². The highest BCUT2D eigenvalue weighted by Crippen LogP contribution is 2.23. The molecular formula is C13H15BrN2. The molecule has 1 unspecified atom stereocenters. The minimum Gasteiger partial charge on any atom is -0.284 e. The fourth-order valence-corrected chi connectivity index (χ4v) is 2.58. The highest BCUT2D eigenvalue weighted by Gasteiger charge is 2.22. The van der Waals surface area contributed by atoms with E-state index in [0.717, 1.165) is 24.0 Å². The van der Waals surface area contributed by atoms with E-state index in [4.69, 9.17) is 5.26 Å². The number of hydrogen-bond donors (Lipinski definition) is 0. The van der Waals surface area contributed by atoms with Crippen LogP contribution < -0.4 is 0 Å². The Bertz CT molecular complexity index is 397. The van der Waals surface area contributed by atoms with E-state index in [1.165, 1.54) is 18.4 Å². The quantitative estimate of drug-likeness (QED) is 0.830. The number of hydrogen-bond acceptors (Lipinski definition) is 2. The molecule has 1 aliphatic heterocycles. The van der Waals surface area contributed by atoms with Crippen molar-refractivity contribution in [3.63, 3.8) is 0 Å². The summed E-state index contributed by atoms with van der Waals surface area (Å²) in [5.74, 6) is 0. The van der Waals surface area contributed by atoms with Crippen LogP contribution in [0.3, 0.4) is 0 Å². The van der Waals surface area contributed by atoms with Gasteiger partial charge < -0.3 is 0 Å². The Balaban J connectivity index is 2.09. The molecule has 1 atom stereocenters. The standard InChI is InChI=1S/C13H15BrN2/c14-13-7-2-1-5-11(13)10-16-8-4-3-6-12(16)9-15/h1-2,5,7,12H,3-4,6,8,10H2. The van der Waals surface area contributed by atoms with Gasteiger partial charge in [-0.05, 0) is 37.4 Å². The second kappa shape index (κ2) is 5.47. The summed E-state index contributed by atoms with van der Waals surface area (Å²) < 4.78 is 1.14. The van der Waals surface area contributed by atoms with Crippen LogP contribution in [0, 0.1) is 11.3 Å². The molecule has 2 nitrogen and oxygen atoms in total. The summed E-state index contributed by atoms with van der Waals surface area (Å²) in [7, 11) is 0. The van der Waals surface area contributed by atoms with Gasteiger partial charge in [-0.2, -0.15) is 5.26 Å². The van der Waals surface area contributed by atoms with E-state index in [2.05, 4.69) is 39.0 Å². The summed E-state index contributed by atoms with van der Waals surface area (Å²) >= 11 is 3.56. The molecule has 1 aromatic carbocycles. The van der Waals surface area contributed by atoms with Crippen LogP contribution in [0.25, 0.3) is 0 Å². The topological polar surface area (TPSA) is 27.0 Å². The fourth-order valence-electron chi connectivity index (χ4n) is 2.17. The average Bonchev–Trinajstić information content (AvgIpc) is 2.33. The first-order valence-electron chi connectivity index (χ1n) is 5.68. The fraction of sp³-hybridized carbons (Fsp3) is 0.462. The van der Waals surface area contributed by atoms with Crippen molar-refractivity contribution in [2.24, 2.45) is 0 Å². The van der Waals surface area contributed by atoms with E-state index < -0.39 is 0 Å². The second-order valence-electron chi connectivity index (χ2n) is 4.20. The van der Waals surface area contributed by atoms with Crippen LogP contribution in [-0.4, -0.2) is 17.5 Å². The normalized spacial score (nSPS) is 21.6. The molecule has 1 aromatic rings. The van der Waals surface area contributed by atoms with E-state index in [-0.39, 0.29) is 6.04 Å². The van der Waals surface area contributed by atoms with Crippen molar-refractivity contribution in [2.75, 3.05) is 6.54 Å². The molecule has 0 N–H and O–H groups in total. The van der Waals surface area contributed by atoms with Crippen molar-refractivity contribution in [1.29, 1.82) is 5.26 Å². The van der Waals surface area contributed by atoms with Gasteiger partial charge in [0.05, 0.1) is 12.1 Å². The molecule has 84 valence electrons. The lowest BCUT2D eigenvalue weighted by Gasteiger charge is -2.31. The van der Waals surface area contributed by atoms with E-state index in [0.29, 0.717) is 0 Å². The van der Waals surface area contributed by atoms with Gasteiger partial charge in [-0.25, -0.2) is 0 Å². The first-order chi connectivity index (χ1) is 7.81. The number of piperidine rings is 1. The molecule has 0 aromatic heterocycles. The van der Waals surface area contributed by atoms with Crippen molar-refractivity contribution in [2.45, 2.75) is 31.8 Å². The third-order valence-corrected chi connectivity index (χ3v) is 3.87. The number of likely N-dealkylation sites (tertiary alicyclic amines) is 1. The van der Waals surface area contributed by atoms with Crippen molar-refractivity contribution in [3.8, 4) is 6.07 Å². The molecule has 2 rings (SSSR count). The molecule has 0 radical (unpaired) electrons. The molecule has 0 spiro atoms. The Morgan fingerprint density at radius 3 is 2.94 bits per heavy atom. The summed E-state index contributed by atoms with van der Waals surface area (Å²) in [6.07, 6.45) is 3.41. The maximum Gasteiger partial charge on any atom is 0.0980 e. The molecule has 1 fully saturated rings. The predicted octanol–water partition coefficient (Wildman–Crippen LogP) is 3.33. The van der Waals surface area contributed by atoms with Crippen LogP contribution in [-0.2, 0) is 6.54 Å². The van der Waals surface area contributed by atoms with Gasteiger partial charge in [-0.15, -0.1) is 0 Å². The van der Waals surface area contributed by atoms with E-state index in [1.54, 1.807) is 0 Å². The van der Waals surface area contributed by atoms with Crippen molar-refractivity contribution in [1.82, 2.24) is 4.90 Å². The Morgan fingerprint density at radius 2 is 2.19 bits per heavy atom. The molecule has 1 heterocycles. The van der Waals surface area contributed by atoms with Gasteiger partial charge in [0.15, 0.2) is 0 Å². The Kier molecular flexibility index (Phi) is 3.98. The Morgan fingerprint density at radius 1 is 1.38 bits per heavy atom. The lowest BCUT2D eigenvalue weighted by atomic mass is 10.0. The zero-order valence-corrected chi connectivity index (χ0v) is 10.8. The van der Waals surface area contributed by atoms with Gasteiger partial charge in [0, 0.05) is 11.0 Å². The molecule has 0 saturated carbocycles. The molecule has 0 aliphatic carbocycles. The van der Waals surface area contributed by atoms with Gasteiger partial charge >= 0.3 is 0 Å². The minimum atomic E-state index is 0.0980. The average molecular weight is 279 g/mol. The molecule has 0 amide bonds. The predicted molar refractivity (Wildman–Crippen MR) is 67.8 cm³/mol. The zero-order valence-electron chi connectivity index (χ0n) is 9.19. The van der Waals surface area contributed by atoms with Gasteiger partial charge in [0.1, 0.15) is 0 Å². The number of benzene rings is 1. The van der Waals surface area contributed by atoms with E-state index in [1.807, 2.05) is 12.1 Å². The van der Waals surface area contributed by atoms with Crippen molar-refractivity contribution < 1.29 is 0 Å². The third-order valence-electron chi connectivity index (χ3n) is 3.09. The summed E-state index contributed by atoms with van der Waals surface area (Å²) in [6.45, 7) is 1.92. The molecular weight excluding hydrogens is 264 g/mol. The van der Waals surface area contributed by atoms with Gasteiger partial charge in [0.2, 0.25) is 0 Å². The van der Waals surface area contributed by atoms with E-state index >= 15 is 0 Å². The number of halogens is 1.